The highest BCUT2D eigenvalue weighted by Gasteiger charge is 2.03. The van der Waals surface area contributed by atoms with Gasteiger partial charge in [-0.05, 0) is 55.6 Å². The summed E-state index contributed by atoms with van der Waals surface area (Å²) in [4.78, 5) is 0. The van der Waals surface area contributed by atoms with Gasteiger partial charge in [0.15, 0.2) is 0 Å². The number of allylic oxidation sites excluding steroid dienone is 9. The lowest BCUT2D eigenvalue weighted by atomic mass is 10.0. The molecule has 2 aliphatic carbocycles. The van der Waals surface area contributed by atoms with Gasteiger partial charge in [0.2, 0.25) is 0 Å². The maximum atomic E-state index is 13.2. The van der Waals surface area contributed by atoms with Crippen LogP contribution < -0.4 is 0 Å². The zero-order chi connectivity index (χ0) is 17.7. The molecule has 0 bridgehead atoms. The minimum absolute atomic E-state index is 0.177. The molecule has 0 aromatic heterocycles. The number of rotatable bonds is 10. The van der Waals surface area contributed by atoms with Gasteiger partial charge in [-0.25, -0.2) is 4.39 Å². The van der Waals surface area contributed by atoms with Crippen LogP contribution in [0, 0.1) is 0 Å². The Morgan fingerprint density at radius 3 is 2.40 bits per heavy atom. The molecule has 0 unspecified atom stereocenters. The summed E-state index contributed by atoms with van der Waals surface area (Å²) in [5, 5.41) is 0. The maximum Gasteiger partial charge on any atom is 0.119 e. The van der Waals surface area contributed by atoms with Gasteiger partial charge in [-0.2, -0.15) is 0 Å². The zero-order valence-electron chi connectivity index (χ0n) is 15.5. The predicted molar refractivity (Wildman–Crippen MR) is 105 cm³/mol. The second-order valence-corrected chi connectivity index (χ2v) is 6.70. The van der Waals surface area contributed by atoms with Gasteiger partial charge in [-0.15, -0.1) is 0 Å². The highest BCUT2D eigenvalue weighted by Crippen LogP contribution is 2.19. The van der Waals surface area contributed by atoms with Gasteiger partial charge in [0.25, 0.3) is 0 Å². The van der Waals surface area contributed by atoms with Crippen molar-refractivity contribution in [3.63, 3.8) is 0 Å². The van der Waals surface area contributed by atoms with Crippen LogP contribution in [-0.2, 0) is 4.74 Å². The molecule has 0 atom stereocenters. The second kappa shape index (κ2) is 11.7. The van der Waals surface area contributed by atoms with E-state index in [0.717, 1.165) is 24.2 Å². The van der Waals surface area contributed by atoms with E-state index in [1.807, 2.05) is 6.08 Å². The van der Waals surface area contributed by atoms with Crippen molar-refractivity contribution < 1.29 is 9.13 Å². The first-order chi connectivity index (χ1) is 12.3. The molecule has 0 amide bonds. The zero-order valence-corrected chi connectivity index (χ0v) is 15.5. The summed E-state index contributed by atoms with van der Waals surface area (Å²) >= 11 is 0. The summed E-state index contributed by atoms with van der Waals surface area (Å²) in [6, 6.07) is 0. The molecule has 0 aromatic carbocycles. The summed E-state index contributed by atoms with van der Waals surface area (Å²) in [5.74, 6) is 0.726. The standard InChI is InChI=1S/C23H31FO/c1-2-3-4-5-6-7-10-20-11-9-14-23(18-16-20)25-19-21-12-8-13-22(24)17-15-21/h11-18H,2-10,19H2,1H3. The lowest BCUT2D eigenvalue weighted by molar-refractivity contribution is 0.254. The van der Waals surface area contributed by atoms with Crippen molar-refractivity contribution in [2.24, 2.45) is 0 Å². The van der Waals surface area contributed by atoms with E-state index < -0.39 is 0 Å². The molecule has 0 aliphatic heterocycles. The molecule has 2 aliphatic rings. The molecule has 25 heavy (non-hydrogen) atoms. The molecule has 0 fully saturated rings. The van der Waals surface area contributed by atoms with Crippen LogP contribution in [0.2, 0.25) is 0 Å². The minimum Gasteiger partial charge on any atom is -0.489 e. The largest absolute Gasteiger partial charge is 0.489 e. The number of unbranched alkanes of at least 4 members (excludes halogenated alkanes) is 5. The molecule has 2 rings (SSSR count). The molecule has 0 aromatic rings. The quantitative estimate of drug-likeness (QED) is 0.379. The Morgan fingerprint density at radius 1 is 0.800 bits per heavy atom. The highest BCUT2D eigenvalue weighted by atomic mass is 19.1. The Labute approximate surface area is 152 Å². The Hall–Kier alpha value is -1.83. The van der Waals surface area contributed by atoms with Crippen LogP contribution in [-0.4, -0.2) is 6.61 Å². The van der Waals surface area contributed by atoms with Crippen LogP contribution in [0.3, 0.4) is 0 Å². The van der Waals surface area contributed by atoms with Gasteiger partial charge in [0.1, 0.15) is 18.2 Å². The third kappa shape index (κ3) is 8.20. The molecule has 1 nitrogen and oxygen atoms in total. The maximum absolute atomic E-state index is 13.2. The van der Waals surface area contributed by atoms with E-state index in [4.69, 9.17) is 4.74 Å². The topological polar surface area (TPSA) is 9.23 Å². The fourth-order valence-electron chi connectivity index (χ4n) is 2.97. The van der Waals surface area contributed by atoms with Gasteiger partial charge in [0.05, 0.1) is 0 Å². The summed E-state index contributed by atoms with van der Waals surface area (Å²) in [6.45, 7) is 2.74. The normalized spacial score (nSPS) is 17.2. The van der Waals surface area contributed by atoms with E-state index in [9.17, 15) is 4.39 Å². The van der Waals surface area contributed by atoms with Gasteiger partial charge >= 0.3 is 0 Å². The average molecular weight is 342 g/mol. The van der Waals surface area contributed by atoms with Crippen molar-refractivity contribution >= 4 is 0 Å². The fourth-order valence-corrected chi connectivity index (χ4v) is 2.97. The minimum atomic E-state index is -0.177. The summed E-state index contributed by atoms with van der Waals surface area (Å²) in [7, 11) is 0. The molecule has 0 N–H and O–H groups in total. The van der Waals surface area contributed by atoms with Gasteiger partial charge in [-0.3, -0.25) is 0 Å². The first-order valence-corrected chi connectivity index (χ1v) is 9.71. The summed E-state index contributed by atoms with van der Waals surface area (Å²) < 4.78 is 19.1. The van der Waals surface area contributed by atoms with E-state index in [-0.39, 0.29) is 5.83 Å². The second-order valence-electron chi connectivity index (χ2n) is 6.70. The molecule has 136 valence electrons. The van der Waals surface area contributed by atoms with Crippen molar-refractivity contribution in [2.75, 3.05) is 6.61 Å². The van der Waals surface area contributed by atoms with Crippen LogP contribution in [0.1, 0.15) is 64.7 Å². The van der Waals surface area contributed by atoms with Crippen molar-refractivity contribution in [3.05, 3.63) is 71.3 Å². The Balaban J connectivity index is 1.69. The van der Waals surface area contributed by atoms with E-state index in [1.54, 1.807) is 12.2 Å². The summed E-state index contributed by atoms with van der Waals surface area (Å²) in [5.41, 5.74) is 2.42. The smallest absolute Gasteiger partial charge is 0.119 e. The molecular weight excluding hydrogens is 311 g/mol. The van der Waals surface area contributed by atoms with Gasteiger partial charge < -0.3 is 4.74 Å². The third-order valence-corrected chi connectivity index (χ3v) is 4.53. The van der Waals surface area contributed by atoms with E-state index >= 15 is 0 Å². The highest BCUT2D eigenvalue weighted by molar-refractivity contribution is 5.32. The number of hydrogen-bond donors (Lipinski definition) is 0. The van der Waals surface area contributed by atoms with Crippen LogP contribution in [0.5, 0.6) is 0 Å². The Bertz CT molecular complexity index is 587. The molecule has 2 heteroatoms. The number of ether oxygens (including phenoxy) is 1. The molecule has 0 spiro atoms. The molecule has 0 heterocycles. The van der Waals surface area contributed by atoms with Crippen molar-refractivity contribution in [3.8, 4) is 0 Å². The Morgan fingerprint density at radius 2 is 1.52 bits per heavy atom. The number of hydrogen-bond acceptors (Lipinski definition) is 1. The van der Waals surface area contributed by atoms with Crippen molar-refractivity contribution in [1.29, 1.82) is 0 Å². The first kappa shape index (κ1) is 19.5. The molecule has 0 saturated carbocycles. The van der Waals surface area contributed by atoms with E-state index in [1.165, 1.54) is 50.2 Å². The van der Waals surface area contributed by atoms with E-state index in [0.29, 0.717) is 13.0 Å². The SMILES string of the molecule is CCCCCCCCC1=CCC=C(OCC2=CCC=C(F)C=C2)C=C1. The van der Waals surface area contributed by atoms with Gasteiger partial charge in [-0.1, -0.05) is 68.9 Å². The van der Waals surface area contributed by atoms with Crippen LogP contribution in [0.25, 0.3) is 0 Å². The first-order valence-electron chi connectivity index (χ1n) is 9.71. The number of halogens is 1. The summed E-state index contributed by atoms with van der Waals surface area (Å²) in [6.07, 6.45) is 26.2. The molecule has 0 saturated heterocycles. The lowest BCUT2D eigenvalue weighted by Gasteiger charge is -2.07. The predicted octanol–water partition coefficient (Wildman–Crippen LogP) is 7.26. The monoisotopic (exact) mass is 342 g/mol. The van der Waals surface area contributed by atoms with Gasteiger partial charge in [0, 0.05) is 0 Å². The Kier molecular flexibility index (Phi) is 9.11. The van der Waals surface area contributed by atoms with Crippen LogP contribution >= 0.6 is 0 Å². The fraction of sp³-hybridized carbons (Fsp3) is 0.478. The van der Waals surface area contributed by atoms with E-state index in [2.05, 4.69) is 31.2 Å². The van der Waals surface area contributed by atoms with Crippen LogP contribution in [0.15, 0.2) is 71.3 Å². The molecule has 0 radical (unpaired) electrons. The van der Waals surface area contributed by atoms with Crippen molar-refractivity contribution in [1.82, 2.24) is 0 Å². The van der Waals surface area contributed by atoms with Crippen LogP contribution in [0.4, 0.5) is 4.39 Å². The average Bonchev–Trinajstić information content (AvgIpc) is 2.96. The third-order valence-electron chi connectivity index (χ3n) is 4.53. The van der Waals surface area contributed by atoms with Crippen molar-refractivity contribution in [2.45, 2.75) is 64.7 Å². The lowest BCUT2D eigenvalue weighted by Crippen LogP contribution is -1.95. The molecular formula is C23H31FO.